The molecule has 0 aliphatic carbocycles. The van der Waals surface area contributed by atoms with E-state index in [1.807, 2.05) is 26.0 Å². The molecule has 0 aliphatic heterocycles. The molecule has 0 saturated heterocycles. The van der Waals surface area contributed by atoms with Gasteiger partial charge in [0.1, 0.15) is 0 Å². The molecule has 0 spiro atoms. The Hall–Kier alpha value is -0.580. The summed E-state index contributed by atoms with van der Waals surface area (Å²) in [6.45, 7) is 5.87. The summed E-state index contributed by atoms with van der Waals surface area (Å²) in [6, 6.07) is 5.39. The first-order valence-corrected chi connectivity index (χ1v) is 7.46. The van der Waals surface area contributed by atoms with Crippen LogP contribution in [0.5, 0.6) is 0 Å². The van der Waals surface area contributed by atoms with Crippen molar-refractivity contribution in [3.05, 3.63) is 29.3 Å². The molecule has 5 heteroatoms. The maximum absolute atomic E-state index is 12.0. The second-order valence-corrected chi connectivity index (χ2v) is 6.72. The van der Waals surface area contributed by atoms with Crippen molar-refractivity contribution in [2.45, 2.75) is 37.5 Å². The highest BCUT2D eigenvalue weighted by atomic mass is 35.5. The fraction of sp³-hybridized carbons (Fsp3) is 0.500. The summed E-state index contributed by atoms with van der Waals surface area (Å²) < 4.78 is 26.6. The summed E-state index contributed by atoms with van der Waals surface area (Å²) in [7, 11) is -3.42. The minimum Gasteiger partial charge on any atom is -0.211 e. The first kappa shape index (κ1) is 14.5. The zero-order valence-corrected chi connectivity index (χ0v) is 11.9. The molecule has 0 aromatic heterocycles. The van der Waals surface area contributed by atoms with Gasteiger partial charge in [-0.1, -0.05) is 12.1 Å². The van der Waals surface area contributed by atoms with E-state index in [9.17, 15) is 8.42 Å². The van der Waals surface area contributed by atoms with Crippen LogP contribution in [0.1, 0.15) is 24.5 Å². The molecule has 96 valence electrons. The number of hydrogen-bond acceptors (Lipinski definition) is 2. The number of benzene rings is 1. The Morgan fingerprint density at radius 2 is 2.00 bits per heavy atom. The first-order chi connectivity index (χ1) is 7.83. The van der Waals surface area contributed by atoms with Crippen LogP contribution in [0.2, 0.25) is 0 Å². The van der Waals surface area contributed by atoms with Crippen LogP contribution in [0.4, 0.5) is 0 Å². The van der Waals surface area contributed by atoms with E-state index in [0.717, 1.165) is 11.1 Å². The van der Waals surface area contributed by atoms with E-state index in [0.29, 0.717) is 17.9 Å². The predicted molar refractivity (Wildman–Crippen MR) is 71.0 cm³/mol. The minimum absolute atomic E-state index is 0.0312. The number of halogens is 1. The van der Waals surface area contributed by atoms with E-state index < -0.39 is 10.0 Å². The lowest BCUT2D eigenvalue weighted by molar-refractivity contribution is 0.578. The number of aryl methyl sites for hydroxylation is 2. The lowest BCUT2D eigenvalue weighted by Gasteiger charge is -2.10. The number of hydrogen-bond donors (Lipinski definition) is 1. The summed E-state index contributed by atoms with van der Waals surface area (Å²) >= 11 is 5.77. The molecule has 0 heterocycles. The number of rotatable bonds is 5. The summed E-state index contributed by atoms with van der Waals surface area (Å²) in [5.74, 6) is 0. The van der Waals surface area contributed by atoms with Gasteiger partial charge in [0.2, 0.25) is 10.0 Å². The molecule has 1 aromatic carbocycles. The fourth-order valence-electron chi connectivity index (χ4n) is 1.47. The van der Waals surface area contributed by atoms with Gasteiger partial charge in [-0.05, 0) is 44.4 Å². The molecule has 1 N–H and O–H groups in total. The maximum Gasteiger partial charge on any atom is 0.240 e. The molecule has 0 aliphatic rings. The monoisotopic (exact) mass is 275 g/mol. The Labute approximate surface area is 108 Å². The molecule has 0 saturated carbocycles. The smallest absolute Gasteiger partial charge is 0.211 e. The van der Waals surface area contributed by atoms with Crippen molar-refractivity contribution < 1.29 is 8.42 Å². The Balaban J connectivity index is 2.86. The van der Waals surface area contributed by atoms with Gasteiger partial charge < -0.3 is 0 Å². The van der Waals surface area contributed by atoms with Gasteiger partial charge in [-0.25, -0.2) is 13.1 Å². The second-order valence-electron chi connectivity index (χ2n) is 4.24. The predicted octanol–water partition coefficient (Wildman–Crippen LogP) is 2.60. The molecule has 1 rings (SSSR count). The molecular weight excluding hydrogens is 258 g/mol. The average Bonchev–Trinajstić information content (AvgIpc) is 2.20. The summed E-state index contributed by atoms with van der Waals surface area (Å²) in [5.41, 5.74) is 1.68. The average molecular weight is 276 g/mol. The molecule has 0 fully saturated rings. The lowest BCUT2D eigenvalue weighted by Crippen LogP contribution is -2.26. The van der Waals surface area contributed by atoms with Crippen molar-refractivity contribution in [1.82, 2.24) is 4.72 Å². The highest BCUT2D eigenvalue weighted by Gasteiger charge is 2.16. The van der Waals surface area contributed by atoms with Gasteiger partial charge in [0.25, 0.3) is 0 Å². The third-order valence-electron chi connectivity index (χ3n) is 2.47. The molecule has 0 radical (unpaired) electrons. The van der Waals surface area contributed by atoms with Gasteiger partial charge in [0.15, 0.2) is 0 Å². The van der Waals surface area contributed by atoms with Crippen molar-refractivity contribution in [3.8, 4) is 0 Å². The van der Waals surface area contributed by atoms with E-state index in [-0.39, 0.29) is 5.38 Å². The van der Waals surface area contributed by atoms with Gasteiger partial charge >= 0.3 is 0 Å². The minimum atomic E-state index is -3.42. The first-order valence-electron chi connectivity index (χ1n) is 5.54. The standard InChI is InChI=1S/C12H18ClNO2S/c1-9-4-5-10(2)12(8-9)17(15,16)14-7-6-11(3)13/h4-5,8,11,14H,6-7H2,1-3H3. The van der Waals surface area contributed by atoms with Crippen LogP contribution in [0.25, 0.3) is 0 Å². The van der Waals surface area contributed by atoms with Gasteiger partial charge in [0, 0.05) is 11.9 Å². The Morgan fingerprint density at radius 3 is 2.59 bits per heavy atom. The van der Waals surface area contributed by atoms with Crippen LogP contribution >= 0.6 is 11.6 Å². The molecule has 1 atom stereocenters. The van der Waals surface area contributed by atoms with Gasteiger partial charge in [0.05, 0.1) is 4.90 Å². The molecule has 0 bridgehead atoms. The van der Waals surface area contributed by atoms with E-state index in [4.69, 9.17) is 11.6 Å². The SMILES string of the molecule is Cc1ccc(C)c(S(=O)(=O)NCCC(C)Cl)c1. The molecular formula is C12H18ClNO2S. The van der Waals surface area contributed by atoms with Crippen LogP contribution < -0.4 is 4.72 Å². The van der Waals surface area contributed by atoms with Gasteiger partial charge in [-0.2, -0.15) is 0 Å². The van der Waals surface area contributed by atoms with Crippen molar-refractivity contribution >= 4 is 21.6 Å². The van der Waals surface area contributed by atoms with Crippen LogP contribution in [0.3, 0.4) is 0 Å². The topological polar surface area (TPSA) is 46.2 Å². The van der Waals surface area contributed by atoms with Gasteiger partial charge in [-0.3, -0.25) is 0 Å². The summed E-state index contributed by atoms with van der Waals surface area (Å²) in [6.07, 6.45) is 0.617. The largest absolute Gasteiger partial charge is 0.240 e. The molecule has 3 nitrogen and oxygen atoms in total. The third kappa shape index (κ3) is 4.30. The van der Waals surface area contributed by atoms with Crippen LogP contribution in [-0.2, 0) is 10.0 Å². The summed E-state index contributed by atoms with van der Waals surface area (Å²) in [5, 5.41) is -0.0312. The zero-order valence-electron chi connectivity index (χ0n) is 10.3. The van der Waals surface area contributed by atoms with Crippen LogP contribution in [-0.4, -0.2) is 20.3 Å². The maximum atomic E-state index is 12.0. The highest BCUT2D eigenvalue weighted by molar-refractivity contribution is 7.89. The normalized spacial score (nSPS) is 13.6. The van der Waals surface area contributed by atoms with E-state index in [1.54, 1.807) is 13.0 Å². The Morgan fingerprint density at radius 1 is 1.35 bits per heavy atom. The molecule has 1 aromatic rings. The number of alkyl halides is 1. The van der Waals surface area contributed by atoms with Crippen LogP contribution in [0, 0.1) is 13.8 Å². The number of sulfonamides is 1. The Kier molecular flexibility index (Phi) is 4.98. The molecule has 0 amide bonds. The van der Waals surface area contributed by atoms with E-state index >= 15 is 0 Å². The summed E-state index contributed by atoms with van der Waals surface area (Å²) in [4.78, 5) is 0.347. The van der Waals surface area contributed by atoms with Crippen LogP contribution in [0.15, 0.2) is 23.1 Å². The third-order valence-corrected chi connectivity index (χ3v) is 4.29. The van der Waals surface area contributed by atoms with E-state index in [2.05, 4.69) is 4.72 Å². The second kappa shape index (κ2) is 5.85. The lowest BCUT2D eigenvalue weighted by atomic mass is 10.2. The van der Waals surface area contributed by atoms with Crippen molar-refractivity contribution in [3.63, 3.8) is 0 Å². The van der Waals surface area contributed by atoms with Gasteiger partial charge in [-0.15, -0.1) is 11.6 Å². The highest BCUT2D eigenvalue weighted by Crippen LogP contribution is 2.16. The van der Waals surface area contributed by atoms with Crippen molar-refractivity contribution in [2.24, 2.45) is 0 Å². The van der Waals surface area contributed by atoms with Crippen molar-refractivity contribution in [1.29, 1.82) is 0 Å². The zero-order chi connectivity index (χ0) is 13.1. The number of nitrogens with one attached hydrogen (secondary N) is 1. The molecule has 1 unspecified atom stereocenters. The molecule has 17 heavy (non-hydrogen) atoms. The van der Waals surface area contributed by atoms with E-state index in [1.165, 1.54) is 0 Å². The fourth-order valence-corrected chi connectivity index (χ4v) is 2.95. The quantitative estimate of drug-likeness (QED) is 0.840. The van der Waals surface area contributed by atoms with Crippen molar-refractivity contribution in [2.75, 3.05) is 6.54 Å². The Bertz CT molecular complexity index is 483.